The second-order valence-corrected chi connectivity index (χ2v) is 6.76. The Balaban J connectivity index is 1.61. The summed E-state index contributed by atoms with van der Waals surface area (Å²) in [5.74, 6) is 0.0710. The molecule has 0 aliphatic carbocycles. The van der Waals surface area contributed by atoms with Crippen LogP contribution in [0.2, 0.25) is 0 Å². The summed E-state index contributed by atoms with van der Waals surface area (Å²) < 4.78 is 0. The summed E-state index contributed by atoms with van der Waals surface area (Å²) in [5, 5.41) is 8.53. The zero-order chi connectivity index (χ0) is 16.1. The van der Waals surface area contributed by atoms with Gasteiger partial charge in [-0.1, -0.05) is 12.1 Å². The number of hydrogen-bond acceptors (Lipinski definition) is 5. The Hall–Kier alpha value is -1.76. The molecule has 23 heavy (non-hydrogen) atoms. The summed E-state index contributed by atoms with van der Waals surface area (Å²) >= 11 is 1.67. The Morgan fingerprint density at radius 1 is 1.52 bits per heavy atom. The van der Waals surface area contributed by atoms with Crippen molar-refractivity contribution in [2.45, 2.75) is 19.0 Å². The molecule has 1 aliphatic heterocycles. The van der Waals surface area contributed by atoms with E-state index in [2.05, 4.69) is 32.7 Å². The quantitative estimate of drug-likeness (QED) is 0.880. The number of aromatic nitrogens is 1. The van der Waals surface area contributed by atoms with E-state index in [-0.39, 0.29) is 18.0 Å². The SMILES string of the molecule is CC(NC(=O)CN1CCNCC1c1cccnc1)c1cccs1. The lowest BCUT2D eigenvalue weighted by molar-refractivity contribution is -0.123. The Bertz CT molecular complexity index is 617. The molecule has 0 spiro atoms. The molecule has 1 saturated heterocycles. The zero-order valence-electron chi connectivity index (χ0n) is 13.2. The van der Waals surface area contributed by atoms with E-state index in [1.165, 1.54) is 4.88 Å². The van der Waals surface area contributed by atoms with Gasteiger partial charge in [0, 0.05) is 42.9 Å². The van der Waals surface area contributed by atoms with Crippen LogP contribution in [-0.4, -0.2) is 42.0 Å². The van der Waals surface area contributed by atoms with Crippen LogP contribution in [0.15, 0.2) is 42.0 Å². The molecule has 3 heterocycles. The first-order chi connectivity index (χ1) is 11.2. The van der Waals surface area contributed by atoms with Crippen LogP contribution in [0.4, 0.5) is 0 Å². The van der Waals surface area contributed by atoms with Gasteiger partial charge in [-0.2, -0.15) is 0 Å². The van der Waals surface area contributed by atoms with Gasteiger partial charge < -0.3 is 10.6 Å². The molecule has 2 unspecified atom stereocenters. The Morgan fingerprint density at radius 2 is 2.43 bits per heavy atom. The fourth-order valence-electron chi connectivity index (χ4n) is 2.92. The first kappa shape index (κ1) is 16.1. The van der Waals surface area contributed by atoms with E-state index in [9.17, 15) is 4.79 Å². The van der Waals surface area contributed by atoms with Gasteiger partial charge in [-0.3, -0.25) is 14.7 Å². The lowest BCUT2D eigenvalue weighted by Gasteiger charge is -2.36. The normalized spacial score (nSPS) is 20.1. The van der Waals surface area contributed by atoms with E-state index >= 15 is 0 Å². The van der Waals surface area contributed by atoms with Crippen molar-refractivity contribution in [3.05, 3.63) is 52.5 Å². The molecule has 1 fully saturated rings. The topological polar surface area (TPSA) is 57.3 Å². The van der Waals surface area contributed by atoms with E-state index in [1.54, 1.807) is 17.5 Å². The van der Waals surface area contributed by atoms with Crippen molar-refractivity contribution in [3.63, 3.8) is 0 Å². The maximum absolute atomic E-state index is 12.4. The molecule has 0 aromatic carbocycles. The molecule has 3 rings (SSSR count). The highest BCUT2D eigenvalue weighted by Crippen LogP contribution is 2.22. The number of nitrogens with one attached hydrogen (secondary N) is 2. The molecule has 5 nitrogen and oxygen atoms in total. The van der Waals surface area contributed by atoms with E-state index in [0.29, 0.717) is 6.54 Å². The molecule has 0 saturated carbocycles. The molecular formula is C17H22N4OS. The van der Waals surface area contributed by atoms with E-state index < -0.39 is 0 Å². The predicted octanol–water partition coefficient (Wildman–Crippen LogP) is 1.97. The molecule has 2 aromatic rings. The summed E-state index contributed by atoms with van der Waals surface area (Å²) in [5.41, 5.74) is 1.15. The van der Waals surface area contributed by atoms with Crippen LogP contribution >= 0.6 is 11.3 Å². The summed E-state index contributed by atoms with van der Waals surface area (Å²) in [6.45, 7) is 5.06. The minimum Gasteiger partial charge on any atom is -0.348 e. The van der Waals surface area contributed by atoms with Crippen LogP contribution in [0.5, 0.6) is 0 Å². The summed E-state index contributed by atoms with van der Waals surface area (Å²) in [4.78, 5) is 20.0. The van der Waals surface area contributed by atoms with Crippen molar-refractivity contribution in [1.29, 1.82) is 0 Å². The first-order valence-corrected chi connectivity index (χ1v) is 8.79. The maximum atomic E-state index is 12.4. The summed E-state index contributed by atoms with van der Waals surface area (Å²) in [6.07, 6.45) is 3.66. The van der Waals surface area contributed by atoms with Crippen molar-refractivity contribution in [2.24, 2.45) is 0 Å². The van der Waals surface area contributed by atoms with Crippen LogP contribution in [-0.2, 0) is 4.79 Å². The number of thiophene rings is 1. The monoisotopic (exact) mass is 330 g/mol. The zero-order valence-corrected chi connectivity index (χ0v) is 14.1. The third-order valence-corrected chi connectivity index (χ3v) is 5.17. The number of nitrogens with zero attached hydrogens (tertiary/aromatic N) is 2. The van der Waals surface area contributed by atoms with Gasteiger partial charge in [-0.25, -0.2) is 0 Å². The fourth-order valence-corrected chi connectivity index (χ4v) is 3.65. The minimum absolute atomic E-state index is 0.0576. The van der Waals surface area contributed by atoms with Gasteiger partial charge >= 0.3 is 0 Å². The van der Waals surface area contributed by atoms with Crippen molar-refractivity contribution >= 4 is 17.2 Å². The van der Waals surface area contributed by atoms with Crippen molar-refractivity contribution in [2.75, 3.05) is 26.2 Å². The van der Waals surface area contributed by atoms with Crippen LogP contribution < -0.4 is 10.6 Å². The number of carbonyl (C=O) groups is 1. The van der Waals surface area contributed by atoms with Crippen LogP contribution in [0.1, 0.15) is 29.4 Å². The van der Waals surface area contributed by atoms with Crippen LogP contribution in [0, 0.1) is 0 Å². The molecule has 1 amide bonds. The number of carbonyl (C=O) groups excluding carboxylic acids is 1. The van der Waals surface area contributed by atoms with Gasteiger partial charge in [0.1, 0.15) is 0 Å². The van der Waals surface area contributed by atoms with Gasteiger partial charge in [0.2, 0.25) is 5.91 Å². The molecule has 2 atom stereocenters. The largest absolute Gasteiger partial charge is 0.348 e. The Labute approximate surface area is 140 Å². The van der Waals surface area contributed by atoms with Crippen molar-refractivity contribution in [1.82, 2.24) is 20.5 Å². The van der Waals surface area contributed by atoms with E-state index in [4.69, 9.17) is 0 Å². The van der Waals surface area contributed by atoms with Gasteiger partial charge in [0.05, 0.1) is 12.6 Å². The number of rotatable bonds is 5. The molecule has 1 aliphatic rings. The molecular weight excluding hydrogens is 308 g/mol. The standard InChI is InChI=1S/C17H22N4OS/c1-13(16-5-3-9-23-16)20-17(22)12-21-8-7-19-11-15(21)14-4-2-6-18-10-14/h2-6,9-10,13,15,19H,7-8,11-12H2,1H3,(H,20,22). The molecule has 2 N–H and O–H groups in total. The summed E-state index contributed by atoms with van der Waals surface area (Å²) in [6, 6.07) is 8.34. The smallest absolute Gasteiger partial charge is 0.234 e. The predicted molar refractivity (Wildman–Crippen MR) is 92.3 cm³/mol. The van der Waals surface area contributed by atoms with Crippen molar-refractivity contribution < 1.29 is 4.79 Å². The lowest BCUT2D eigenvalue weighted by Crippen LogP contribution is -2.49. The molecule has 122 valence electrons. The minimum atomic E-state index is 0.0576. The van der Waals surface area contributed by atoms with Crippen LogP contribution in [0.25, 0.3) is 0 Å². The maximum Gasteiger partial charge on any atom is 0.234 e. The molecule has 0 bridgehead atoms. The van der Waals surface area contributed by atoms with Gasteiger partial charge in [-0.15, -0.1) is 11.3 Å². The second kappa shape index (κ2) is 7.68. The molecule has 0 radical (unpaired) electrons. The van der Waals surface area contributed by atoms with Crippen molar-refractivity contribution in [3.8, 4) is 0 Å². The number of pyridine rings is 1. The van der Waals surface area contributed by atoms with Crippen LogP contribution in [0.3, 0.4) is 0 Å². The summed E-state index contributed by atoms with van der Waals surface area (Å²) in [7, 11) is 0. The Morgan fingerprint density at radius 3 is 3.17 bits per heavy atom. The average Bonchev–Trinajstić information content (AvgIpc) is 3.11. The van der Waals surface area contributed by atoms with E-state index in [0.717, 1.165) is 25.2 Å². The number of hydrogen-bond donors (Lipinski definition) is 2. The lowest BCUT2D eigenvalue weighted by atomic mass is 10.1. The number of piperazine rings is 1. The van der Waals surface area contributed by atoms with Gasteiger partial charge in [0.25, 0.3) is 0 Å². The first-order valence-electron chi connectivity index (χ1n) is 7.91. The Kier molecular flexibility index (Phi) is 5.38. The van der Waals surface area contributed by atoms with Gasteiger partial charge in [-0.05, 0) is 30.0 Å². The number of amides is 1. The van der Waals surface area contributed by atoms with E-state index in [1.807, 2.05) is 30.6 Å². The average molecular weight is 330 g/mol. The fraction of sp³-hybridized carbons (Fsp3) is 0.412. The highest BCUT2D eigenvalue weighted by atomic mass is 32.1. The highest BCUT2D eigenvalue weighted by molar-refractivity contribution is 7.10. The third kappa shape index (κ3) is 4.16. The molecule has 6 heteroatoms. The second-order valence-electron chi connectivity index (χ2n) is 5.78. The molecule has 2 aromatic heterocycles. The van der Waals surface area contributed by atoms with Gasteiger partial charge in [0.15, 0.2) is 0 Å². The highest BCUT2D eigenvalue weighted by Gasteiger charge is 2.26. The third-order valence-electron chi connectivity index (χ3n) is 4.12.